The van der Waals surface area contributed by atoms with Crippen LogP contribution in [0.4, 0.5) is 0 Å². The molecule has 10 rings (SSSR count). The lowest BCUT2D eigenvalue weighted by Crippen LogP contribution is -1.99. The summed E-state index contributed by atoms with van der Waals surface area (Å²) in [4.78, 5) is 6.26. The summed E-state index contributed by atoms with van der Waals surface area (Å²) in [6.07, 6.45) is 16.2. The summed E-state index contributed by atoms with van der Waals surface area (Å²) in [6.45, 7) is 2.08. The van der Waals surface area contributed by atoms with Crippen LogP contribution < -0.4 is 0 Å². The number of thiophene rings is 2. The van der Waals surface area contributed by atoms with Crippen LogP contribution in [0.15, 0.2) is 121 Å². The first kappa shape index (κ1) is 27.6. The van der Waals surface area contributed by atoms with Crippen molar-refractivity contribution in [1.29, 1.82) is 0 Å². The molecule has 0 amide bonds. The average Bonchev–Trinajstić information content (AvgIpc) is 3.81. The molecular formula is C43H29N3S2. The molecule has 1 aliphatic carbocycles. The molecule has 0 aliphatic heterocycles. The second kappa shape index (κ2) is 10.8. The Morgan fingerprint density at radius 2 is 1.46 bits per heavy atom. The van der Waals surface area contributed by atoms with Crippen LogP contribution in [-0.2, 0) is 6.42 Å². The van der Waals surface area contributed by atoms with Gasteiger partial charge in [-0.05, 0) is 85.7 Å². The minimum atomic E-state index is 0.854. The van der Waals surface area contributed by atoms with Gasteiger partial charge in [0.25, 0.3) is 0 Å². The van der Waals surface area contributed by atoms with Crippen LogP contribution in [0.2, 0.25) is 0 Å². The van der Waals surface area contributed by atoms with Gasteiger partial charge in [-0.2, -0.15) is 0 Å². The standard InChI is InChI=1S/C43H29N3S2/c1-2-11-37-31(29-13-4-7-19-38(29)47-37)23-25-45-36-18-9-15-32-28-12-3-6-17-35(28)46(42(32)41(36)33-16-10-24-44-43(33)45)27-21-22-40-34(26-27)30-14-5-8-20-39(30)48-40/h2-14,16-26H,15H2,1H3/b11-2-,25-23+. The zero-order valence-electron chi connectivity index (χ0n) is 26.2. The maximum atomic E-state index is 4.99. The van der Waals surface area contributed by atoms with Crippen molar-refractivity contribution in [3.8, 4) is 16.9 Å². The van der Waals surface area contributed by atoms with Gasteiger partial charge in [-0.3, -0.25) is 0 Å². The van der Waals surface area contributed by atoms with Crippen molar-refractivity contribution >= 4 is 99.3 Å². The van der Waals surface area contributed by atoms with Crippen molar-refractivity contribution in [3.05, 3.63) is 143 Å². The van der Waals surface area contributed by atoms with E-state index in [2.05, 4.69) is 156 Å². The van der Waals surface area contributed by atoms with E-state index in [0.717, 1.165) is 23.1 Å². The summed E-state index contributed by atoms with van der Waals surface area (Å²) in [5.41, 5.74) is 9.57. The summed E-state index contributed by atoms with van der Waals surface area (Å²) in [5, 5.41) is 6.34. The molecule has 4 aromatic carbocycles. The van der Waals surface area contributed by atoms with E-state index in [-0.39, 0.29) is 0 Å². The zero-order chi connectivity index (χ0) is 31.8. The maximum absolute atomic E-state index is 4.99. The minimum Gasteiger partial charge on any atom is -0.309 e. The molecule has 228 valence electrons. The lowest BCUT2D eigenvalue weighted by atomic mass is 10.0. The average molecular weight is 652 g/mol. The Bertz CT molecular complexity index is 2830. The Balaban J connectivity index is 1.26. The number of allylic oxidation sites excluding steroid dienone is 2. The fraction of sp³-hybridized carbons (Fsp3) is 0.0465. The fourth-order valence-electron chi connectivity index (χ4n) is 7.59. The summed E-state index contributed by atoms with van der Waals surface area (Å²) in [5.74, 6) is 0. The molecule has 3 nitrogen and oxygen atoms in total. The number of benzene rings is 4. The fourth-order valence-corrected chi connectivity index (χ4v) is 9.84. The molecule has 0 unspecified atom stereocenters. The van der Waals surface area contributed by atoms with E-state index in [4.69, 9.17) is 4.98 Å². The molecule has 0 N–H and O–H groups in total. The number of para-hydroxylation sites is 1. The number of hydrogen-bond acceptors (Lipinski definition) is 3. The Kier molecular flexibility index (Phi) is 6.20. The van der Waals surface area contributed by atoms with Gasteiger partial charge in [0.2, 0.25) is 0 Å². The molecule has 0 saturated heterocycles. The van der Waals surface area contributed by atoms with Gasteiger partial charge >= 0.3 is 0 Å². The Labute approximate surface area is 285 Å². The SMILES string of the molecule is C/C=C\c1sc2ccccc2c1/C=C/n1c2c(c3cccnc31)-c1c(c3ccccc3n1-c1ccc3sc4ccccc4c3c1)CC=C2. The van der Waals surface area contributed by atoms with Gasteiger partial charge < -0.3 is 9.13 Å². The second-order valence-electron chi connectivity index (χ2n) is 12.3. The van der Waals surface area contributed by atoms with Crippen molar-refractivity contribution in [2.45, 2.75) is 13.3 Å². The smallest absolute Gasteiger partial charge is 0.145 e. The molecule has 5 aromatic heterocycles. The van der Waals surface area contributed by atoms with Crippen LogP contribution in [0.5, 0.6) is 0 Å². The van der Waals surface area contributed by atoms with Crippen LogP contribution in [0, 0.1) is 0 Å². The first-order valence-corrected chi connectivity index (χ1v) is 17.9. The normalized spacial score (nSPS) is 13.2. The van der Waals surface area contributed by atoms with Crippen LogP contribution in [0.1, 0.15) is 28.6 Å². The van der Waals surface area contributed by atoms with Gasteiger partial charge in [0.1, 0.15) is 5.65 Å². The number of hydrogen-bond donors (Lipinski definition) is 0. The lowest BCUT2D eigenvalue weighted by Gasteiger charge is -2.13. The summed E-state index contributed by atoms with van der Waals surface area (Å²) in [7, 11) is 0. The maximum Gasteiger partial charge on any atom is 0.145 e. The Morgan fingerprint density at radius 3 is 2.33 bits per heavy atom. The highest BCUT2D eigenvalue weighted by molar-refractivity contribution is 7.25. The third-order valence-electron chi connectivity index (χ3n) is 9.60. The van der Waals surface area contributed by atoms with E-state index in [0.29, 0.717) is 0 Å². The van der Waals surface area contributed by atoms with Crippen molar-refractivity contribution in [1.82, 2.24) is 14.1 Å². The topological polar surface area (TPSA) is 22.8 Å². The van der Waals surface area contributed by atoms with Crippen molar-refractivity contribution in [3.63, 3.8) is 0 Å². The number of rotatable bonds is 4. The highest BCUT2D eigenvalue weighted by Gasteiger charge is 2.27. The monoisotopic (exact) mass is 651 g/mol. The lowest BCUT2D eigenvalue weighted by molar-refractivity contribution is 1.12. The van der Waals surface area contributed by atoms with E-state index in [1.165, 1.54) is 74.1 Å². The Morgan fingerprint density at radius 1 is 0.708 bits per heavy atom. The van der Waals surface area contributed by atoms with E-state index < -0.39 is 0 Å². The second-order valence-corrected chi connectivity index (χ2v) is 14.4. The molecular weight excluding hydrogens is 623 g/mol. The molecule has 0 atom stereocenters. The van der Waals surface area contributed by atoms with Gasteiger partial charge in [-0.1, -0.05) is 66.7 Å². The van der Waals surface area contributed by atoms with Crippen LogP contribution >= 0.6 is 22.7 Å². The van der Waals surface area contributed by atoms with Crippen LogP contribution in [0.3, 0.4) is 0 Å². The summed E-state index contributed by atoms with van der Waals surface area (Å²) in [6, 6.07) is 37.6. The summed E-state index contributed by atoms with van der Waals surface area (Å²) >= 11 is 3.70. The van der Waals surface area contributed by atoms with E-state index in [9.17, 15) is 0 Å². The number of pyridine rings is 1. The van der Waals surface area contributed by atoms with Gasteiger partial charge in [-0.25, -0.2) is 4.98 Å². The predicted molar refractivity (Wildman–Crippen MR) is 209 cm³/mol. The van der Waals surface area contributed by atoms with Crippen molar-refractivity contribution in [2.75, 3.05) is 0 Å². The minimum absolute atomic E-state index is 0.854. The quantitative estimate of drug-likeness (QED) is 0.186. The molecule has 0 bridgehead atoms. The van der Waals surface area contributed by atoms with Gasteiger partial charge in [0.05, 0.1) is 16.9 Å². The molecule has 5 heterocycles. The third-order valence-corrected chi connectivity index (χ3v) is 11.9. The first-order chi connectivity index (χ1) is 23.8. The van der Waals surface area contributed by atoms with Crippen molar-refractivity contribution in [2.24, 2.45) is 0 Å². The molecule has 0 spiro atoms. The number of fused-ring (bicyclic) bond motifs is 11. The molecule has 48 heavy (non-hydrogen) atoms. The highest BCUT2D eigenvalue weighted by Crippen LogP contribution is 2.46. The molecule has 0 fully saturated rings. The predicted octanol–water partition coefficient (Wildman–Crippen LogP) is 12.5. The first-order valence-electron chi connectivity index (χ1n) is 16.3. The van der Waals surface area contributed by atoms with Gasteiger partial charge in [0.15, 0.2) is 0 Å². The molecule has 0 radical (unpaired) electrons. The third kappa shape index (κ3) is 4.01. The van der Waals surface area contributed by atoms with Crippen molar-refractivity contribution < 1.29 is 0 Å². The van der Waals surface area contributed by atoms with E-state index in [1.807, 2.05) is 28.9 Å². The van der Waals surface area contributed by atoms with Crippen LogP contribution in [-0.4, -0.2) is 14.1 Å². The van der Waals surface area contributed by atoms with Gasteiger partial charge in [0, 0.05) is 75.1 Å². The number of aromatic nitrogens is 3. The zero-order valence-corrected chi connectivity index (χ0v) is 27.9. The Hall–Kier alpha value is -5.49. The summed E-state index contributed by atoms with van der Waals surface area (Å²) < 4.78 is 8.72. The number of nitrogens with zero attached hydrogens (tertiary/aromatic N) is 3. The molecule has 5 heteroatoms. The highest BCUT2D eigenvalue weighted by atomic mass is 32.1. The molecule has 0 saturated carbocycles. The van der Waals surface area contributed by atoms with E-state index in [1.54, 1.807) is 0 Å². The van der Waals surface area contributed by atoms with E-state index >= 15 is 0 Å². The molecule has 1 aliphatic rings. The largest absolute Gasteiger partial charge is 0.309 e. The van der Waals surface area contributed by atoms with Crippen LogP contribution in [0.25, 0.3) is 93.6 Å². The van der Waals surface area contributed by atoms with Gasteiger partial charge in [-0.15, -0.1) is 22.7 Å². The molecule has 9 aromatic rings.